The lowest BCUT2D eigenvalue weighted by atomic mass is 9.98. The molecule has 0 aromatic heterocycles. The Bertz CT molecular complexity index is 745. The van der Waals surface area contributed by atoms with Gasteiger partial charge in [0.1, 0.15) is 11.9 Å². The molecule has 0 saturated carbocycles. The lowest BCUT2D eigenvalue weighted by Crippen LogP contribution is -2.29. The molecule has 0 saturated heterocycles. The van der Waals surface area contributed by atoms with Gasteiger partial charge in [-0.15, -0.1) is 0 Å². The summed E-state index contributed by atoms with van der Waals surface area (Å²) in [4.78, 5) is 12.4. The van der Waals surface area contributed by atoms with E-state index in [1.165, 1.54) is 0 Å². The molecule has 0 amide bonds. The van der Waals surface area contributed by atoms with Crippen molar-refractivity contribution in [2.45, 2.75) is 38.4 Å². The minimum Gasteiger partial charge on any atom is -0.494 e. The predicted molar refractivity (Wildman–Crippen MR) is 105 cm³/mol. The van der Waals surface area contributed by atoms with Gasteiger partial charge in [-0.05, 0) is 61.2 Å². The number of carbonyl (C=O) groups excluding carboxylic acids is 1. The summed E-state index contributed by atoms with van der Waals surface area (Å²) in [5, 5.41) is 28.4. The molecule has 0 bridgehead atoms. The molecule has 0 fully saturated rings. The average molecular weight is 393 g/mol. The van der Waals surface area contributed by atoms with Gasteiger partial charge in [-0.1, -0.05) is 23.7 Å². The Hall–Kier alpha value is -1.92. The van der Waals surface area contributed by atoms with Gasteiger partial charge in [0.05, 0.1) is 19.3 Å². The number of aliphatic hydroxyl groups excluding tert-OH is 3. The highest BCUT2D eigenvalue weighted by Gasteiger charge is 2.17. The highest BCUT2D eigenvalue weighted by atomic mass is 35.5. The SMILES string of the molecule is CCOc1ccc(Cc2cc(C(=O)CCC(O)C(O)CO)ccc2Cl)cc1. The van der Waals surface area contributed by atoms with Crippen molar-refractivity contribution in [3.8, 4) is 5.75 Å². The van der Waals surface area contributed by atoms with E-state index in [1.54, 1.807) is 18.2 Å². The first-order chi connectivity index (χ1) is 12.9. The summed E-state index contributed by atoms with van der Waals surface area (Å²) in [6.45, 7) is 2.00. The number of Topliss-reactive ketones (excluding diaryl/α,β-unsaturated/α-hetero) is 1. The Balaban J connectivity index is 2.05. The number of carbonyl (C=O) groups is 1. The Labute approximate surface area is 164 Å². The first kappa shape index (κ1) is 21.4. The molecule has 2 atom stereocenters. The topological polar surface area (TPSA) is 87.0 Å². The molecule has 0 radical (unpaired) electrons. The zero-order valence-electron chi connectivity index (χ0n) is 15.3. The zero-order chi connectivity index (χ0) is 19.8. The van der Waals surface area contributed by atoms with E-state index in [-0.39, 0.29) is 18.6 Å². The maximum Gasteiger partial charge on any atom is 0.162 e. The van der Waals surface area contributed by atoms with Crippen LogP contribution in [0.2, 0.25) is 5.02 Å². The second-order valence-electron chi connectivity index (χ2n) is 6.34. The second kappa shape index (κ2) is 10.4. The predicted octanol–water partition coefficient (Wildman–Crippen LogP) is 3.01. The molecule has 6 heteroatoms. The number of hydrogen-bond donors (Lipinski definition) is 3. The maximum absolute atomic E-state index is 12.4. The molecule has 3 N–H and O–H groups in total. The molecule has 0 heterocycles. The van der Waals surface area contributed by atoms with Crippen molar-refractivity contribution in [2.75, 3.05) is 13.2 Å². The molecule has 2 unspecified atom stereocenters. The van der Waals surface area contributed by atoms with Crippen LogP contribution in [0.1, 0.15) is 41.3 Å². The van der Waals surface area contributed by atoms with Crippen LogP contribution in [-0.4, -0.2) is 46.5 Å². The molecule has 0 aliphatic rings. The third-order valence-corrected chi connectivity index (χ3v) is 4.66. The number of ether oxygens (including phenoxy) is 1. The molecule has 0 aliphatic carbocycles. The smallest absolute Gasteiger partial charge is 0.162 e. The van der Waals surface area contributed by atoms with Crippen LogP contribution < -0.4 is 4.74 Å². The third kappa shape index (κ3) is 6.33. The van der Waals surface area contributed by atoms with E-state index in [4.69, 9.17) is 21.4 Å². The largest absolute Gasteiger partial charge is 0.494 e. The molecule has 0 aliphatic heterocycles. The Morgan fingerprint density at radius 2 is 1.81 bits per heavy atom. The number of aliphatic hydroxyl groups is 3. The summed E-state index contributed by atoms with van der Waals surface area (Å²) in [5.41, 5.74) is 2.39. The van der Waals surface area contributed by atoms with Gasteiger partial charge >= 0.3 is 0 Å². The van der Waals surface area contributed by atoms with Gasteiger partial charge in [0.25, 0.3) is 0 Å². The lowest BCUT2D eigenvalue weighted by molar-refractivity contribution is -0.0176. The molecule has 0 spiro atoms. The van der Waals surface area contributed by atoms with Crippen molar-refractivity contribution >= 4 is 17.4 Å². The molecule has 27 heavy (non-hydrogen) atoms. The van der Waals surface area contributed by atoms with Crippen LogP contribution >= 0.6 is 11.6 Å². The minimum absolute atomic E-state index is 0.0718. The lowest BCUT2D eigenvalue weighted by Gasteiger charge is -2.15. The van der Waals surface area contributed by atoms with Gasteiger partial charge in [-0.2, -0.15) is 0 Å². The zero-order valence-corrected chi connectivity index (χ0v) is 16.0. The van der Waals surface area contributed by atoms with Crippen LogP contribution in [-0.2, 0) is 6.42 Å². The summed E-state index contributed by atoms with van der Waals surface area (Å²) >= 11 is 6.28. The number of ketones is 1. The molecule has 5 nitrogen and oxygen atoms in total. The molecular formula is C21H25ClO5. The van der Waals surface area contributed by atoms with Gasteiger partial charge in [-0.3, -0.25) is 4.79 Å². The summed E-state index contributed by atoms with van der Waals surface area (Å²) in [6.07, 6.45) is -1.63. The average Bonchev–Trinajstić information content (AvgIpc) is 2.68. The molecular weight excluding hydrogens is 368 g/mol. The Kier molecular flexibility index (Phi) is 8.25. The van der Waals surface area contributed by atoms with Crippen LogP contribution in [0.3, 0.4) is 0 Å². The monoisotopic (exact) mass is 392 g/mol. The van der Waals surface area contributed by atoms with E-state index in [2.05, 4.69) is 0 Å². The molecule has 146 valence electrons. The normalized spacial score (nSPS) is 13.2. The fourth-order valence-corrected chi connectivity index (χ4v) is 2.90. The fraction of sp³-hybridized carbons (Fsp3) is 0.381. The van der Waals surface area contributed by atoms with E-state index in [0.29, 0.717) is 23.6 Å². The highest BCUT2D eigenvalue weighted by Crippen LogP contribution is 2.23. The van der Waals surface area contributed by atoms with Crippen molar-refractivity contribution in [1.29, 1.82) is 0 Å². The summed E-state index contributed by atoms with van der Waals surface area (Å²) in [6, 6.07) is 12.8. The van der Waals surface area contributed by atoms with E-state index >= 15 is 0 Å². The van der Waals surface area contributed by atoms with Gasteiger partial charge in [0, 0.05) is 17.0 Å². The summed E-state index contributed by atoms with van der Waals surface area (Å²) in [5.74, 6) is 0.656. The Morgan fingerprint density at radius 3 is 2.44 bits per heavy atom. The first-order valence-corrected chi connectivity index (χ1v) is 9.32. The number of hydrogen-bond acceptors (Lipinski definition) is 5. The quantitative estimate of drug-likeness (QED) is 0.541. The maximum atomic E-state index is 12.4. The van der Waals surface area contributed by atoms with Crippen molar-refractivity contribution in [3.05, 3.63) is 64.2 Å². The third-order valence-electron chi connectivity index (χ3n) is 4.29. The standard InChI is InChI=1S/C21H25ClO5/c1-2-27-17-6-3-14(4-7-17)11-16-12-15(5-8-18(16)22)19(24)9-10-20(25)21(26)13-23/h3-8,12,20-21,23,25-26H,2,9-11,13H2,1H3. The van der Waals surface area contributed by atoms with E-state index < -0.39 is 18.8 Å². The van der Waals surface area contributed by atoms with E-state index in [1.807, 2.05) is 31.2 Å². The van der Waals surface area contributed by atoms with Crippen LogP contribution in [0, 0.1) is 0 Å². The summed E-state index contributed by atoms with van der Waals surface area (Å²) in [7, 11) is 0. The number of halogens is 1. The van der Waals surface area contributed by atoms with Crippen molar-refractivity contribution in [2.24, 2.45) is 0 Å². The first-order valence-electron chi connectivity index (χ1n) is 8.95. The van der Waals surface area contributed by atoms with Crippen molar-refractivity contribution < 1.29 is 24.9 Å². The minimum atomic E-state index is -1.24. The Morgan fingerprint density at radius 1 is 1.11 bits per heavy atom. The van der Waals surface area contributed by atoms with Gasteiger partial charge in [0.15, 0.2) is 5.78 Å². The highest BCUT2D eigenvalue weighted by molar-refractivity contribution is 6.31. The number of rotatable bonds is 10. The van der Waals surface area contributed by atoms with Crippen LogP contribution in [0.5, 0.6) is 5.75 Å². The van der Waals surface area contributed by atoms with E-state index in [0.717, 1.165) is 16.9 Å². The van der Waals surface area contributed by atoms with Crippen LogP contribution in [0.15, 0.2) is 42.5 Å². The van der Waals surface area contributed by atoms with Crippen molar-refractivity contribution in [1.82, 2.24) is 0 Å². The summed E-state index contributed by atoms with van der Waals surface area (Å²) < 4.78 is 5.43. The molecule has 2 aromatic rings. The fourth-order valence-electron chi connectivity index (χ4n) is 2.71. The van der Waals surface area contributed by atoms with Gasteiger partial charge in [-0.25, -0.2) is 0 Å². The molecule has 2 aromatic carbocycles. The second-order valence-corrected chi connectivity index (χ2v) is 6.75. The van der Waals surface area contributed by atoms with Gasteiger partial charge in [0.2, 0.25) is 0 Å². The number of benzene rings is 2. The molecule has 2 rings (SSSR count). The van der Waals surface area contributed by atoms with Crippen LogP contribution in [0.4, 0.5) is 0 Å². The van der Waals surface area contributed by atoms with Gasteiger partial charge < -0.3 is 20.1 Å². The van der Waals surface area contributed by atoms with E-state index in [9.17, 15) is 15.0 Å². The van der Waals surface area contributed by atoms with Crippen molar-refractivity contribution in [3.63, 3.8) is 0 Å². The van der Waals surface area contributed by atoms with Crippen LogP contribution in [0.25, 0.3) is 0 Å².